The van der Waals surface area contributed by atoms with Crippen LogP contribution in [0.15, 0.2) is 4.99 Å². The highest BCUT2D eigenvalue weighted by molar-refractivity contribution is 7.98. The Morgan fingerprint density at radius 2 is 1.65 bits per heavy atom. The van der Waals surface area contributed by atoms with E-state index < -0.39 is 47.9 Å². The molecule has 0 aromatic heterocycles. The molecule has 0 aromatic carbocycles. The number of thioether (sulfide) groups is 1. The summed E-state index contributed by atoms with van der Waals surface area (Å²) in [6.07, 6.45) is 2.85. The Bertz CT molecular complexity index is 646. The second-order valence-electron chi connectivity index (χ2n) is 6.71. The molecular weight excluding hydrogens is 446 g/mol. The molecule has 0 bridgehead atoms. The van der Waals surface area contributed by atoms with E-state index in [9.17, 15) is 24.3 Å². The van der Waals surface area contributed by atoms with E-state index in [0.29, 0.717) is 25.1 Å². The third-order valence-corrected chi connectivity index (χ3v) is 5.11. The fourth-order valence-electron chi connectivity index (χ4n) is 2.29. The number of aliphatic carboxylic acids is 1. The molecule has 178 valence electrons. The number of nitrogens with one attached hydrogen (secondary N) is 3. The van der Waals surface area contributed by atoms with Crippen LogP contribution in [0.1, 0.15) is 26.2 Å². The predicted octanol–water partition coefficient (Wildman–Crippen LogP) is -2.39. The highest BCUT2D eigenvalue weighted by Crippen LogP contribution is 2.02. The quantitative estimate of drug-likeness (QED) is 0.0543. The molecule has 12 nitrogen and oxygen atoms in total. The minimum Gasteiger partial charge on any atom is -0.480 e. The number of rotatable bonds is 15. The molecule has 0 radical (unpaired) electrons. The number of amides is 3. The molecule has 31 heavy (non-hydrogen) atoms. The Morgan fingerprint density at radius 1 is 1.03 bits per heavy atom. The normalized spacial score (nSPS) is 14.5. The molecule has 10 N–H and O–H groups in total. The van der Waals surface area contributed by atoms with Gasteiger partial charge in [-0.2, -0.15) is 24.4 Å². The first-order valence-electron chi connectivity index (χ1n) is 9.58. The first-order valence-corrected chi connectivity index (χ1v) is 11.6. The van der Waals surface area contributed by atoms with Crippen LogP contribution in [0.5, 0.6) is 0 Å². The van der Waals surface area contributed by atoms with Gasteiger partial charge in [0, 0.05) is 12.3 Å². The predicted molar refractivity (Wildman–Crippen MR) is 124 cm³/mol. The topological polar surface area (TPSA) is 215 Å². The van der Waals surface area contributed by atoms with Crippen molar-refractivity contribution in [3.8, 4) is 0 Å². The van der Waals surface area contributed by atoms with E-state index in [1.54, 1.807) is 0 Å². The Balaban J connectivity index is 4.69. The van der Waals surface area contributed by atoms with Crippen LogP contribution in [0.4, 0.5) is 0 Å². The molecule has 0 spiro atoms. The van der Waals surface area contributed by atoms with Gasteiger partial charge in [-0.15, -0.1) is 0 Å². The van der Waals surface area contributed by atoms with Crippen LogP contribution in [0.2, 0.25) is 0 Å². The van der Waals surface area contributed by atoms with E-state index in [1.165, 1.54) is 18.7 Å². The van der Waals surface area contributed by atoms with Crippen molar-refractivity contribution in [1.29, 1.82) is 0 Å². The maximum Gasteiger partial charge on any atom is 0.326 e. The number of carbonyl (C=O) groups excluding carboxylic acids is 3. The molecule has 0 aliphatic heterocycles. The Hall–Kier alpha value is -2.19. The largest absolute Gasteiger partial charge is 0.480 e. The molecule has 0 rings (SSSR count). The van der Waals surface area contributed by atoms with Crippen molar-refractivity contribution < 1.29 is 24.3 Å². The van der Waals surface area contributed by atoms with Crippen molar-refractivity contribution in [3.63, 3.8) is 0 Å². The van der Waals surface area contributed by atoms with Gasteiger partial charge in [0.15, 0.2) is 5.96 Å². The highest BCUT2D eigenvalue weighted by Gasteiger charge is 2.27. The van der Waals surface area contributed by atoms with Crippen molar-refractivity contribution in [3.05, 3.63) is 0 Å². The van der Waals surface area contributed by atoms with Crippen LogP contribution in [-0.2, 0) is 19.2 Å². The molecule has 0 fully saturated rings. The SMILES string of the molecule is CSCCC(NC(=O)C(C)NC(=O)C(CS)NC(=O)C(N)CCCN=C(N)N)C(=O)O. The summed E-state index contributed by atoms with van der Waals surface area (Å²) < 4.78 is 0. The summed E-state index contributed by atoms with van der Waals surface area (Å²) in [7, 11) is 0. The number of nitrogens with zero attached hydrogens (tertiary/aromatic N) is 1. The van der Waals surface area contributed by atoms with E-state index in [1.807, 2.05) is 6.26 Å². The van der Waals surface area contributed by atoms with Gasteiger partial charge in [0.25, 0.3) is 0 Å². The number of thiol groups is 1. The van der Waals surface area contributed by atoms with Crippen molar-refractivity contribution in [1.82, 2.24) is 16.0 Å². The number of nitrogens with two attached hydrogens (primary N) is 3. The van der Waals surface area contributed by atoms with Crippen LogP contribution in [0.3, 0.4) is 0 Å². The van der Waals surface area contributed by atoms with E-state index >= 15 is 0 Å². The standard InChI is InChI=1S/C17H33N7O5S2/c1-9(13(25)23-11(16(28)29)5-7-31-2)22-15(27)12(8-30)24-14(26)10(18)4-3-6-21-17(19)20/h9-12,30H,3-8,18H2,1-2H3,(H,22,27)(H,23,25)(H,24,26)(H,28,29)(H4,19,20,21). The average Bonchev–Trinajstić information content (AvgIpc) is 2.71. The first kappa shape index (κ1) is 28.8. The summed E-state index contributed by atoms with van der Waals surface area (Å²) in [5, 5.41) is 16.5. The number of aliphatic imine (C=N–C) groups is 1. The molecule has 4 atom stereocenters. The van der Waals surface area contributed by atoms with Crippen LogP contribution < -0.4 is 33.2 Å². The van der Waals surface area contributed by atoms with Gasteiger partial charge in [-0.1, -0.05) is 0 Å². The third kappa shape index (κ3) is 12.3. The van der Waals surface area contributed by atoms with Crippen LogP contribution in [-0.4, -0.2) is 83.2 Å². The summed E-state index contributed by atoms with van der Waals surface area (Å²) in [5.74, 6) is -2.54. The van der Waals surface area contributed by atoms with Crippen molar-refractivity contribution in [2.45, 2.75) is 50.4 Å². The summed E-state index contributed by atoms with van der Waals surface area (Å²) in [6, 6.07) is -3.98. The van der Waals surface area contributed by atoms with Crippen molar-refractivity contribution >= 4 is 54.0 Å². The molecule has 0 aliphatic rings. The molecule has 3 amide bonds. The number of hydrogen-bond donors (Lipinski definition) is 8. The third-order valence-electron chi connectivity index (χ3n) is 4.10. The lowest BCUT2D eigenvalue weighted by molar-refractivity contribution is -0.142. The molecule has 0 aliphatic carbocycles. The Kier molecular flexibility index (Phi) is 14.5. The van der Waals surface area contributed by atoms with Gasteiger partial charge in [0.1, 0.15) is 18.1 Å². The molecule has 14 heteroatoms. The van der Waals surface area contributed by atoms with Gasteiger partial charge >= 0.3 is 5.97 Å². The Morgan fingerprint density at radius 3 is 2.16 bits per heavy atom. The van der Waals surface area contributed by atoms with Crippen LogP contribution in [0, 0.1) is 0 Å². The fraction of sp³-hybridized carbons (Fsp3) is 0.706. The highest BCUT2D eigenvalue weighted by atomic mass is 32.2. The van der Waals surface area contributed by atoms with Gasteiger partial charge in [0.2, 0.25) is 17.7 Å². The molecule has 0 heterocycles. The summed E-state index contributed by atoms with van der Waals surface area (Å²) >= 11 is 5.51. The number of carboxylic acids is 1. The van der Waals surface area contributed by atoms with Gasteiger partial charge in [-0.3, -0.25) is 19.4 Å². The number of guanidine groups is 1. The maximum absolute atomic E-state index is 12.4. The molecule has 0 aromatic rings. The lowest BCUT2D eigenvalue weighted by Gasteiger charge is -2.22. The molecule has 0 saturated heterocycles. The zero-order valence-corrected chi connectivity index (χ0v) is 19.4. The smallest absolute Gasteiger partial charge is 0.326 e. The van der Waals surface area contributed by atoms with E-state index in [0.717, 1.165) is 0 Å². The average molecular weight is 480 g/mol. The van der Waals surface area contributed by atoms with Gasteiger partial charge < -0.3 is 38.3 Å². The second-order valence-corrected chi connectivity index (χ2v) is 8.06. The minimum absolute atomic E-state index is 0.0297. The first-order chi connectivity index (χ1) is 14.5. The molecule has 4 unspecified atom stereocenters. The molecular formula is C17H33N7O5S2. The minimum atomic E-state index is -1.16. The monoisotopic (exact) mass is 479 g/mol. The number of carboxylic acid groups (broad SMARTS) is 1. The second kappa shape index (κ2) is 15.6. The van der Waals surface area contributed by atoms with Gasteiger partial charge in [-0.25, -0.2) is 4.79 Å². The van der Waals surface area contributed by atoms with Crippen LogP contribution >= 0.6 is 24.4 Å². The lowest BCUT2D eigenvalue weighted by Crippen LogP contribution is -2.56. The van der Waals surface area contributed by atoms with Crippen molar-refractivity contribution in [2.24, 2.45) is 22.2 Å². The number of hydrogen-bond acceptors (Lipinski definition) is 8. The molecule has 0 saturated carbocycles. The Labute approximate surface area is 191 Å². The van der Waals surface area contributed by atoms with Gasteiger partial charge in [-0.05, 0) is 38.2 Å². The maximum atomic E-state index is 12.4. The van der Waals surface area contributed by atoms with E-state index in [2.05, 4.69) is 33.6 Å². The fourth-order valence-corrected chi connectivity index (χ4v) is 3.02. The zero-order chi connectivity index (χ0) is 24.0. The number of carbonyl (C=O) groups is 4. The summed E-state index contributed by atoms with van der Waals surface area (Å²) in [6.45, 7) is 1.73. The summed E-state index contributed by atoms with van der Waals surface area (Å²) in [4.78, 5) is 51.9. The van der Waals surface area contributed by atoms with E-state index in [-0.39, 0.29) is 18.1 Å². The van der Waals surface area contributed by atoms with Crippen molar-refractivity contribution in [2.75, 3.05) is 24.3 Å². The lowest BCUT2D eigenvalue weighted by atomic mass is 10.1. The van der Waals surface area contributed by atoms with E-state index in [4.69, 9.17) is 17.2 Å². The zero-order valence-electron chi connectivity index (χ0n) is 17.7. The summed E-state index contributed by atoms with van der Waals surface area (Å²) in [5.41, 5.74) is 16.2. The van der Waals surface area contributed by atoms with Gasteiger partial charge in [0.05, 0.1) is 6.04 Å². The van der Waals surface area contributed by atoms with Crippen LogP contribution in [0.25, 0.3) is 0 Å².